The van der Waals surface area contributed by atoms with Crippen LogP contribution in [0.2, 0.25) is 0 Å². The molecule has 1 atom stereocenters. The van der Waals surface area contributed by atoms with E-state index in [2.05, 4.69) is 9.71 Å². The highest BCUT2D eigenvalue weighted by Gasteiger charge is 2.20. The molecular formula is C12H17N3O3S. The van der Waals surface area contributed by atoms with E-state index in [-0.39, 0.29) is 29.7 Å². The Morgan fingerprint density at radius 1 is 1.58 bits per heavy atom. The Kier molecular flexibility index (Phi) is 5.89. The van der Waals surface area contributed by atoms with E-state index in [0.717, 1.165) is 6.42 Å². The van der Waals surface area contributed by atoms with Crippen LogP contribution in [0.25, 0.3) is 0 Å². The summed E-state index contributed by atoms with van der Waals surface area (Å²) in [4.78, 5) is 3.61. The summed E-state index contributed by atoms with van der Waals surface area (Å²) in [5, 5.41) is 17.7. The number of hydrogen-bond donors (Lipinski definition) is 2. The average molecular weight is 283 g/mol. The van der Waals surface area contributed by atoms with E-state index >= 15 is 0 Å². The van der Waals surface area contributed by atoms with Crippen LogP contribution in [-0.2, 0) is 10.0 Å². The molecule has 0 saturated heterocycles. The average Bonchev–Trinajstić information content (AvgIpc) is 2.43. The van der Waals surface area contributed by atoms with Crippen molar-refractivity contribution in [3.8, 4) is 6.07 Å². The molecule has 0 aliphatic rings. The number of aliphatic hydroxyl groups is 1. The fourth-order valence-electron chi connectivity index (χ4n) is 1.63. The number of nitrogens with one attached hydrogen (secondary N) is 1. The fraction of sp³-hybridized carbons (Fsp3) is 0.500. The van der Waals surface area contributed by atoms with Crippen LogP contribution in [0.3, 0.4) is 0 Å². The molecule has 1 aromatic heterocycles. The van der Waals surface area contributed by atoms with Crippen molar-refractivity contribution in [1.29, 1.82) is 5.26 Å². The Morgan fingerprint density at radius 3 is 2.89 bits per heavy atom. The Balaban J connectivity index is 2.85. The van der Waals surface area contributed by atoms with Crippen LogP contribution in [0.5, 0.6) is 0 Å². The lowest BCUT2D eigenvalue weighted by Gasteiger charge is -2.14. The van der Waals surface area contributed by atoms with Gasteiger partial charge in [-0.25, -0.2) is 18.1 Å². The Bertz CT molecular complexity index is 552. The molecule has 2 N–H and O–H groups in total. The number of rotatable bonds is 7. The second-order valence-corrected chi connectivity index (χ2v) is 5.84. The Hall–Kier alpha value is -1.49. The van der Waals surface area contributed by atoms with Gasteiger partial charge in [-0.15, -0.1) is 0 Å². The maximum atomic E-state index is 12.1. The molecule has 1 rings (SSSR count). The van der Waals surface area contributed by atoms with E-state index in [9.17, 15) is 8.42 Å². The second kappa shape index (κ2) is 7.19. The molecule has 6 nitrogen and oxygen atoms in total. The summed E-state index contributed by atoms with van der Waals surface area (Å²) in [5.41, 5.74) is -0.120. The van der Waals surface area contributed by atoms with Crippen LogP contribution in [0.4, 0.5) is 0 Å². The minimum Gasteiger partial charge on any atom is -0.396 e. The van der Waals surface area contributed by atoms with Gasteiger partial charge < -0.3 is 5.11 Å². The van der Waals surface area contributed by atoms with E-state index in [4.69, 9.17) is 10.4 Å². The monoisotopic (exact) mass is 283 g/mol. The molecule has 1 aromatic rings. The molecule has 7 heteroatoms. The van der Waals surface area contributed by atoms with Crippen LogP contribution in [0.15, 0.2) is 23.2 Å². The number of hydrogen-bond acceptors (Lipinski definition) is 5. The van der Waals surface area contributed by atoms with E-state index in [1.807, 2.05) is 6.92 Å². The molecule has 0 bridgehead atoms. The van der Waals surface area contributed by atoms with Crippen LogP contribution in [0.1, 0.15) is 25.5 Å². The smallest absolute Gasteiger partial charge is 0.243 e. The second-order valence-electron chi connectivity index (χ2n) is 4.10. The highest BCUT2D eigenvalue weighted by Crippen LogP contribution is 2.13. The molecule has 0 spiro atoms. The minimum absolute atomic E-state index is 0.0244. The Morgan fingerprint density at radius 2 is 2.32 bits per heavy atom. The fourth-order valence-corrected chi connectivity index (χ4v) is 2.85. The lowest BCUT2D eigenvalue weighted by Crippen LogP contribution is -2.30. The number of sulfonamides is 1. The molecule has 1 unspecified atom stereocenters. The maximum absolute atomic E-state index is 12.1. The highest BCUT2D eigenvalue weighted by molar-refractivity contribution is 7.89. The van der Waals surface area contributed by atoms with Gasteiger partial charge in [-0.1, -0.05) is 13.3 Å². The third-order valence-electron chi connectivity index (χ3n) is 2.84. The van der Waals surface area contributed by atoms with Gasteiger partial charge in [0.25, 0.3) is 0 Å². The first-order chi connectivity index (χ1) is 9.05. The molecule has 19 heavy (non-hydrogen) atoms. The molecular weight excluding hydrogens is 266 g/mol. The highest BCUT2D eigenvalue weighted by atomic mass is 32.2. The predicted molar refractivity (Wildman–Crippen MR) is 69.6 cm³/mol. The van der Waals surface area contributed by atoms with Crippen LogP contribution in [0, 0.1) is 17.2 Å². The summed E-state index contributed by atoms with van der Waals surface area (Å²) in [5.74, 6) is 0.0713. The van der Waals surface area contributed by atoms with E-state index in [1.54, 1.807) is 6.07 Å². The van der Waals surface area contributed by atoms with Gasteiger partial charge in [-0.05, 0) is 24.5 Å². The molecule has 0 saturated carbocycles. The van der Waals surface area contributed by atoms with Crippen molar-refractivity contribution in [2.45, 2.75) is 24.7 Å². The van der Waals surface area contributed by atoms with Crippen molar-refractivity contribution < 1.29 is 13.5 Å². The van der Waals surface area contributed by atoms with Crippen molar-refractivity contribution in [3.63, 3.8) is 0 Å². The van der Waals surface area contributed by atoms with E-state index < -0.39 is 10.0 Å². The first kappa shape index (κ1) is 15.6. The van der Waals surface area contributed by atoms with E-state index in [0.29, 0.717) is 6.42 Å². The molecule has 0 radical (unpaired) electrons. The largest absolute Gasteiger partial charge is 0.396 e. The number of nitrogens with zero attached hydrogens (tertiary/aromatic N) is 2. The standard InChI is InChI=1S/C12H17N3O3S/c1-2-10(5-7-16)9-15-19(17,18)12-4-3-6-14-11(12)8-13/h3-4,6,10,15-16H,2,5,7,9H2,1H3. The molecule has 0 amide bonds. The van der Waals surface area contributed by atoms with Crippen LogP contribution >= 0.6 is 0 Å². The zero-order chi connectivity index (χ0) is 14.3. The van der Waals surface area contributed by atoms with Crippen LogP contribution < -0.4 is 4.72 Å². The van der Waals surface area contributed by atoms with Gasteiger partial charge in [0.15, 0.2) is 5.69 Å². The van der Waals surface area contributed by atoms with Crippen molar-refractivity contribution >= 4 is 10.0 Å². The third-order valence-corrected chi connectivity index (χ3v) is 4.30. The van der Waals surface area contributed by atoms with E-state index in [1.165, 1.54) is 18.3 Å². The minimum atomic E-state index is -3.74. The number of aliphatic hydroxyl groups excluding tert-OH is 1. The summed E-state index contributed by atoms with van der Waals surface area (Å²) in [6.45, 7) is 2.19. The summed E-state index contributed by atoms with van der Waals surface area (Å²) in [6.07, 6.45) is 2.68. The topological polar surface area (TPSA) is 103 Å². The summed E-state index contributed by atoms with van der Waals surface area (Å²) in [7, 11) is -3.74. The quantitative estimate of drug-likeness (QED) is 0.764. The van der Waals surface area contributed by atoms with Gasteiger partial charge >= 0.3 is 0 Å². The molecule has 0 aliphatic heterocycles. The van der Waals surface area contributed by atoms with Gasteiger partial charge in [0.1, 0.15) is 11.0 Å². The van der Waals surface area contributed by atoms with Crippen molar-refractivity contribution in [2.75, 3.05) is 13.2 Å². The lowest BCUT2D eigenvalue weighted by molar-refractivity contribution is 0.254. The molecule has 0 fully saturated rings. The first-order valence-corrected chi connectivity index (χ1v) is 7.49. The number of nitriles is 1. The van der Waals surface area contributed by atoms with Crippen LogP contribution in [-0.4, -0.2) is 31.7 Å². The lowest BCUT2D eigenvalue weighted by atomic mass is 10.0. The SMILES string of the molecule is CCC(CCO)CNS(=O)(=O)c1cccnc1C#N. The number of pyridine rings is 1. The predicted octanol–water partition coefficient (Wildman–Crippen LogP) is 0.640. The summed E-state index contributed by atoms with van der Waals surface area (Å²) < 4.78 is 26.6. The van der Waals surface area contributed by atoms with Gasteiger partial charge in [0, 0.05) is 19.3 Å². The zero-order valence-electron chi connectivity index (χ0n) is 10.7. The van der Waals surface area contributed by atoms with Crippen molar-refractivity contribution in [3.05, 3.63) is 24.0 Å². The summed E-state index contributed by atoms with van der Waals surface area (Å²) >= 11 is 0. The van der Waals surface area contributed by atoms with Gasteiger partial charge in [-0.2, -0.15) is 5.26 Å². The normalized spacial score (nSPS) is 12.9. The molecule has 0 aliphatic carbocycles. The maximum Gasteiger partial charge on any atom is 0.243 e. The Labute approximate surface area is 113 Å². The zero-order valence-corrected chi connectivity index (χ0v) is 11.5. The van der Waals surface area contributed by atoms with Gasteiger partial charge in [0.05, 0.1) is 0 Å². The van der Waals surface area contributed by atoms with Gasteiger partial charge in [0.2, 0.25) is 10.0 Å². The number of aromatic nitrogens is 1. The van der Waals surface area contributed by atoms with Crippen molar-refractivity contribution in [2.24, 2.45) is 5.92 Å². The molecule has 104 valence electrons. The van der Waals surface area contributed by atoms with Gasteiger partial charge in [-0.3, -0.25) is 0 Å². The van der Waals surface area contributed by atoms with Crippen molar-refractivity contribution in [1.82, 2.24) is 9.71 Å². The third kappa shape index (κ3) is 4.28. The molecule has 1 heterocycles. The molecule has 0 aromatic carbocycles. The first-order valence-electron chi connectivity index (χ1n) is 6.00. The summed E-state index contributed by atoms with van der Waals surface area (Å²) in [6, 6.07) is 4.58.